The van der Waals surface area contributed by atoms with Gasteiger partial charge < -0.3 is 14.8 Å². The van der Waals surface area contributed by atoms with E-state index in [2.05, 4.69) is 15.3 Å². The lowest BCUT2D eigenvalue weighted by Crippen LogP contribution is -2.38. The quantitative estimate of drug-likeness (QED) is 0.903. The highest BCUT2D eigenvalue weighted by Crippen LogP contribution is 2.35. The molecule has 3 rings (SSSR count). The molecule has 1 aliphatic carbocycles. The summed E-state index contributed by atoms with van der Waals surface area (Å²) in [5.41, 5.74) is 0. The van der Waals surface area contributed by atoms with Gasteiger partial charge >= 0.3 is 0 Å². The molecule has 1 aromatic heterocycles. The Labute approximate surface area is 113 Å². The number of rotatable bonds is 4. The van der Waals surface area contributed by atoms with Crippen molar-refractivity contribution in [3.05, 3.63) is 12.4 Å². The Morgan fingerprint density at radius 3 is 3.21 bits per heavy atom. The second-order valence-corrected chi connectivity index (χ2v) is 5.22. The number of aromatic nitrogens is 2. The summed E-state index contributed by atoms with van der Waals surface area (Å²) in [6.07, 6.45) is 8.62. The van der Waals surface area contributed by atoms with Crippen LogP contribution < -0.4 is 10.1 Å². The number of ether oxygens (including phenoxy) is 2. The summed E-state index contributed by atoms with van der Waals surface area (Å²) in [5, 5.41) is 3.52. The van der Waals surface area contributed by atoms with E-state index in [1.807, 2.05) is 6.92 Å². The summed E-state index contributed by atoms with van der Waals surface area (Å²) in [7, 11) is 0. The van der Waals surface area contributed by atoms with E-state index in [4.69, 9.17) is 9.47 Å². The molecular formula is C14H21N3O2. The molecule has 3 unspecified atom stereocenters. The van der Waals surface area contributed by atoms with Gasteiger partial charge in [-0.15, -0.1) is 0 Å². The molecule has 5 nitrogen and oxygen atoms in total. The van der Waals surface area contributed by atoms with Gasteiger partial charge in [0.05, 0.1) is 25.1 Å². The third-order valence-corrected chi connectivity index (χ3v) is 4.02. The second-order valence-electron chi connectivity index (χ2n) is 5.22. The number of hydrogen-bond acceptors (Lipinski definition) is 5. The highest BCUT2D eigenvalue weighted by Gasteiger charge is 2.37. The van der Waals surface area contributed by atoms with Crippen molar-refractivity contribution in [1.82, 2.24) is 9.97 Å². The van der Waals surface area contributed by atoms with E-state index in [-0.39, 0.29) is 0 Å². The third kappa shape index (κ3) is 2.81. The molecular weight excluding hydrogens is 242 g/mol. The minimum absolute atomic E-state index is 0.439. The smallest absolute Gasteiger partial charge is 0.234 e. The van der Waals surface area contributed by atoms with Crippen molar-refractivity contribution in [3.63, 3.8) is 0 Å². The minimum Gasteiger partial charge on any atom is -0.477 e. The lowest BCUT2D eigenvalue weighted by molar-refractivity contribution is 0.0619. The lowest BCUT2D eigenvalue weighted by Gasteiger charge is -2.33. The van der Waals surface area contributed by atoms with Gasteiger partial charge in [0.25, 0.3) is 0 Å². The van der Waals surface area contributed by atoms with Gasteiger partial charge in [-0.25, -0.2) is 0 Å². The highest BCUT2D eigenvalue weighted by atomic mass is 16.5. The Balaban J connectivity index is 1.68. The molecule has 1 aliphatic heterocycles. The van der Waals surface area contributed by atoms with Crippen molar-refractivity contribution in [2.75, 3.05) is 18.5 Å². The number of anilines is 1. The van der Waals surface area contributed by atoms with Gasteiger partial charge in [-0.2, -0.15) is 4.98 Å². The van der Waals surface area contributed by atoms with E-state index in [9.17, 15) is 0 Å². The molecule has 3 atom stereocenters. The van der Waals surface area contributed by atoms with Crippen molar-refractivity contribution < 1.29 is 9.47 Å². The Morgan fingerprint density at radius 2 is 2.32 bits per heavy atom. The summed E-state index contributed by atoms with van der Waals surface area (Å²) in [6, 6.07) is 0.451. The first-order chi connectivity index (χ1) is 9.36. The van der Waals surface area contributed by atoms with Crippen LogP contribution in [0.5, 0.6) is 5.88 Å². The van der Waals surface area contributed by atoms with Crippen LogP contribution in [0.4, 0.5) is 5.82 Å². The van der Waals surface area contributed by atoms with Crippen LogP contribution in [0.1, 0.15) is 32.6 Å². The molecule has 0 amide bonds. The zero-order valence-electron chi connectivity index (χ0n) is 11.3. The molecule has 1 aromatic rings. The van der Waals surface area contributed by atoms with Gasteiger partial charge in [0.1, 0.15) is 5.82 Å². The van der Waals surface area contributed by atoms with Gasteiger partial charge in [0, 0.05) is 18.6 Å². The number of fused-ring (bicyclic) bond motifs is 1. The maximum Gasteiger partial charge on any atom is 0.234 e. The molecule has 0 radical (unpaired) electrons. The molecule has 2 heterocycles. The molecule has 1 saturated heterocycles. The Morgan fingerprint density at radius 1 is 1.37 bits per heavy atom. The second kappa shape index (κ2) is 5.74. The molecule has 104 valence electrons. The molecule has 0 spiro atoms. The molecule has 1 saturated carbocycles. The third-order valence-electron chi connectivity index (χ3n) is 4.02. The van der Waals surface area contributed by atoms with E-state index in [1.54, 1.807) is 12.4 Å². The Bertz CT molecular complexity index is 427. The average Bonchev–Trinajstić information content (AvgIpc) is 2.89. The van der Waals surface area contributed by atoms with Gasteiger partial charge in [-0.1, -0.05) is 0 Å². The normalized spacial score (nSPS) is 29.8. The fraction of sp³-hybridized carbons (Fsp3) is 0.714. The summed E-state index contributed by atoms with van der Waals surface area (Å²) in [5.74, 6) is 2.01. The maximum atomic E-state index is 5.79. The van der Waals surface area contributed by atoms with Crippen molar-refractivity contribution in [2.45, 2.75) is 44.8 Å². The number of nitrogens with zero attached hydrogens (tertiary/aromatic N) is 2. The predicted octanol–water partition coefficient (Wildman–Crippen LogP) is 2.24. The van der Waals surface area contributed by atoms with Crippen LogP contribution in [0.25, 0.3) is 0 Å². The monoisotopic (exact) mass is 263 g/mol. The van der Waals surface area contributed by atoms with Crippen LogP contribution in [0.15, 0.2) is 12.4 Å². The van der Waals surface area contributed by atoms with Crippen LogP contribution >= 0.6 is 0 Å². The van der Waals surface area contributed by atoms with Crippen LogP contribution in [-0.2, 0) is 4.74 Å². The van der Waals surface area contributed by atoms with Crippen molar-refractivity contribution in [2.24, 2.45) is 5.92 Å². The number of hydrogen-bond donors (Lipinski definition) is 1. The van der Waals surface area contributed by atoms with Crippen molar-refractivity contribution in [1.29, 1.82) is 0 Å². The van der Waals surface area contributed by atoms with Gasteiger partial charge in [0.15, 0.2) is 0 Å². The van der Waals surface area contributed by atoms with Crippen LogP contribution in [0.2, 0.25) is 0 Å². The first kappa shape index (κ1) is 12.7. The van der Waals surface area contributed by atoms with Crippen LogP contribution in [-0.4, -0.2) is 35.3 Å². The van der Waals surface area contributed by atoms with Crippen molar-refractivity contribution in [3.8, 4) is 5.88 Å². The fourth-order valence-electron chi connectivity index (χ4n) is 3.18. The zero-order valence-corrected chi connectivity index (χ0v) is 11.3. The van der Waals surface area contributed by atoms with Crippen LogP contribution in [0.3, 0.4) is 0 Å². The Hall–Kier alpha value is -1.36. The first-order valence-corrected chi connectivity index (χ1v) is 7.20. The van der Waals surface area contributed by atoms with Gasteiger partial charge in [-0.05, 0) is 32.6 Å². The van der Waals surface area contributed by atoms with E-state index in [1.165, 1.54) is 19.3 Å². The summed E-state index contributed by atoms with van der Waals surface area (Å²) >= 11 is 0. The van der Waals surface area contributed by atoms with Crippen molar-refractivity contribution >= 4 is 5.82 Å². The standard InChI is InChI=1S/C14H21N3O2/c1-2-18-14-9-15-8-13(17-14)16-11-4-3-5-12-10(11)6-7-19-12/h8-12H,2-7H2,1H3,(H,16,17). The average molecular weight is 263 g/mol. The summed E-state index contributed by atoms with van der Waals surface area (Å²) < 4.78 is 11.2. The largest absolute Gasteiger partial charge is 0.477 e. The van der Waals surface area contributed by atoms with Gasteiger partial charge in [-0.3, -0.25) is 4.98 Å². The lowest BCUT2D eigenvalue weighted by atomic mass is 9.82. The summed E-state index contributed by atoms with van der Waals surface area (Å²) in [4.78, 5) is 8.61. The van der Waals surface area contributed by atoms with Crippen LogP contribution in [0, 0.1) is 5.92 Å². The SMILES string of the molecule is CCOc1cncc(NC2CCCC3OCCC23)n1. The first-order valence-electron chi connectivity index (χ1n) is 7.20. The molecule has 2 aliphatic rings. The summed E-state index contributed by atoms with van der Waals surface area (Å²) in [6.45, 7) is 3.46. The van der Waals surface area contributed by atoms with E-state index >= 15 is 0 Å². The minimum atomic E-state index is 0.439. The molecule has 5 heteroatoms. The molecule has 19 heavy (non-hydrogen) atoms. The molecule has 0 bridgehead atoms. The maximum absolute atomic E-state index is 5.79. The van der Waals surface area contributed by atoms with E-state index in [0.29, 0.717) is 30.6 Å². The highest BCUT2D eigenvalue weighted by molar-refractivity contribution is 5.35. The Kier molecular flexibility index (Phi) is 3.82. The van der Waals surface area contributed by atoms with E-state index in [0.717, 1.165) is 18.8 Å². The molecule has 1 N–H and O–H groups in total. The topological polar surface area (TPSA) is 56.3 Å². The fourth-order valence-corrected chi connectivity index (χ4v) is 3.18. The predicted molar refractivity (Wildman–Crippen MR) is 72.3 cm³/mol. The molecule has 2 fully saturated rings. The van der Waals surface area contributed by atoms with Gasteiger partial charge in [0.2, 0.25) is 5.88 Å². The zero-order chi connectivity index (χ0) is 13.1. The van der Waals surface area contributed by atoms with E-state index < -0.39 is 0 Å². The molecule has 0 aromatic carbocycles. The number of nitrogens with one attached hydrogen (secondary N) is 1.